The molecule has 0 amide bonds. The van der Waals surface area contributed by atoms with Gasteiger partial charge in [-0.1, -0.05) is 0 Å². The van der Waals surface area contributed by atoms with Gasteiger partial charge in [-0.25, -0.2) is 18.1 Å². The van der Waals surface area contributed by atoms with Crippen LogP contribution in [0.15, 0.2) is 23.4 Å². The molecule has 1 saturated carbocycles. The molecule has 6 nitrogen and oxygen atoms in total. The summed E-state index contributed by atoms with van der Waals surface area (Å²) in [5.74, 6) is -1.39. The Kier molecular flexibility index (Phi) is 4.95. The van der Waals surface area contributed by atoms with Crippen LogP contribution in [-0.2, 0) is 21.0 Å². The number of carboxylic acid groups (broad SMARTS) is 1. The molecule has 1 aliphatic rings. The van der Waals surface area contributed by atoms with Crippen LogP contribution in [0.25, 0.3) is 0 Å². The van der Waals surface area contributed by atoms with Gasteiger partial charge >= 0.3 is 12.1 Å². The molecule has 0 bridgehead atoms. The SMILES string of the molecule is O=C(O)C1CCC(NS(=O)(=O)c2ccc(C(F)(F)F)cn2)CC1. The predicted molar refractivity (Wildman–Crippen MR) is 72.9 cm³/mol. The number of aliphatic carboxylic acids is 1. The van der Waals surface area contributed by atoms with Gasteiger partial charge in [0.1, 0.15) is 0 Å². The van der Waals surface area contributed by atoms with Crippen LogP contribution in [0.4, 0.5) is 13.2 Å². The van der Waals surface area contributed by atoms with Crippen molar-refractivity contribution in [1.29, 1.82) is 0 Å². The Morgan fingerprint density at radius 1 is 1.22 bits per heavy atom. The van der Waals surface area contributed by atoms with Crippen LogP contribution in [0.1, 0.15) is 31.2 Å². The number of hydrogen-bond donors (Lipinski definition) is 2. The molecule has 2 rings (SSSR count). The molecule has 0 spiro atoms. The maximum atomic E-state index is 12.4. The van der Waals surface area contributed by atoms with Crippen LogP contribution in [0.5, 0.6) is 0 Å². The lowest BCUT2D eigenvalue weighted by atomic mass is 9.87. The molecular formula is C13H15F3N2O4S. The Morgan fingerprint density at radius 2 is 1.83 bits per heavy atom. The Morgan fingerprint density at radius 3 is 2.26 bits per heavy atom. The van der Waals surface area contributed by atoms with Gasteiger partial charge in [-0.2, -0.15) is 13.2 Å². The summed E-state index contributed by atoms with van der Waals surface area (Å²) in [4.78, 5) is 14.2. The number of pyridine rings is 1. The number of carbonyl (C=O) groups is 1. The van der Waals surface area contributed by atoms with Crippen LogP contribution in [-0.4, -0.2) is 30.5 Å². The van der Waals surface area contributed by atoms with E-state index in [0.717, 1.165) is 6.07 Å². The molecule has 23 heavy (non-hydrogen) atoms. The van der Waals surface area contributed by atoms with Crippen molar-refractivity contribution in [3.63, 3.8) is 0 Å². The minimum Gasteiger partial charge on any atom is -0.481 e. The predicted octanol–water partition coefficient (Wildman–Crippen LogP) is 2.02. The van der Waals surface area contributed by atoms with Gasteiger partial charge in [0, 0.05) is 12.2 Å². The highest BCUT2D eigenvalue weighted by atomic mass is 32.2. The van der Waals surface area contributed by atoms with E-state index in [1.54, 1.807) is 0 Å². The Labute approximate surface area is 130 Å². The first-order chi connectivity index (χ1) is 10.6. The highest BCUT2D eigenvalue weighted by Crippen LogP contribution is 2.29. The van der Waals surface area contributed by atoms with Gasteiger partial charge in [-0.05, 0) is 37.8 Å². The second-order valence-electron chi connectivity index (χ2n) is 5.39. The fourth-order valence-corrected chi connectivity index (χ4v) is 3.68. The van der Waals surface area contributed by atoms with E-state index in [2.05, 4.69) is 9.71 Å². The first kappa shape index (κ1) is 17.7. The second-order valence-corrected chi connectivity index (χ2v) is 7.05. The molecule has 0 aliphatic heterocycles. The number of hydrogen-bond acceptors (Lipinski definition) is 4. The molecule has 0 saturated heterocycles. The van der Waals surface area contributed by atoms with E-state index in [-0.39, 0.29) is 0 Å². The van der Waals surface area contributed by atoms with Crippen LogP contribution < -0.4 is 4.72 Å². The fourth-order valence-electron chi connectivity index (χ4n) is 2.44. The largest absolute Gasteiger partial charge is 0.481 e. The minimum atomic E-state index is -4.59. The van der Waals surface area contributed by atoms with Crippen molar-refractivity contribution in [2.45, 2.75) is 42.9 Å². The zero-order valence-corrected chi connectivity index (χ0v) is 12.7. The quantitative estimate of drug-likeness (QED) is 0.864. The minimum absolute atomic E-state index is 0.350. The summed E-state index contributed by atoms with van der Waals surface area (Å²) < 4.78 is 63.9. The Hall–Kier alpha value is -1.68. The third kappa shape index (κ3) is 4.41. The summed E-state index contributed by atoms with van der Waals surface area (Å²) in [5.41, 5.74) is -1.03. The number of aromatic nitrogens is 1. The van der Waals surface area contributed by atoms with E-state index in [1.165, 1.54) is 0 Å². The van der Waals surface area contributed by atoms with Crippen molar-refractivity contribution in [1.82, 2.24) is 9.71 Å². The molecule has 10 heteroatoms. The molecular weight excluding hydrogens is 337 g/mol. The van der Waals surface area contributed by atoms with E-state index in [0.29, 0.717) is 37.9 Å². The molecule has 1 aliphatic carbocycles. The van der Waals surface area contributed by atoms with Crippen molar-refractivity contribution >= 4 is 16.0 Å². The molecule has 0 unspecified atom stereocenters. The van der Waals surface area contributed by atoms with Gasteiger partial charge in [0.25, 0.3) is 10.0 Å². The van der Waals surface area contributed by atoms with E-state index < -0.39 is 44.7 Å². The van der Waals surface area contributed by atoms with Crippen molar-refractivity contribution in [2.24, 2.45) is 5.92 Å². The lowest BCUT2D eigenvalue weighted by molar-refractivity contribution is -0.143. The van der Waals surface area contributed by atoms with Gasteiger partial charge in [0.05, 0.1) is 11.5 Å². The Bertz CT molecular complexity index is 665. The third-order valence-corrected chi connectivity index (χ3v) is 5.17. The van der Waals surface area contributed by atoms with Gasteiger partial charge in [0.2, 0.25) is 0 Å². The van der Waals surface area contributed by atoms with E-state index >= 15 is 0 Å². The topological polar surface area (TPSA) is 96.4 Å². The summed E-state index contributed by atoms with van der Waals surface area (Å²) >= 11 is 0. The number of sulfonamides is 1. The average molecular weight is 352 g/mol. The second kappa shape index (κ2) is 6.44. The normalized spacial score (nSPS) is 22.7. The molecule has 0 atom stereocenters. The summed E-state index contributed by atoms with van der Waals surface area (Å²) in [6.45, 7) is 0. The van der Waals surface area contributed by atoms with Crippen LogP contribution >= 0.6 is 0 Å². The van der Waals surface area contributed by atoms with Crippen molar-refractivity contribution in [2.75, 3.05) is 0 Å². The van der Waals surface area contributed by atoms with Crippen molar-refractivity contribution < 1.29 is 31.5 Å². The number of alkyl halides is 3. The smallest absolute Gasteiger partial charge is 0.417 e. The van der Waals surface area contributed by atoms with Crippen molar-refractivity contribution in [3.8, 4) is 0 Å². The number of rotatable bonds is 4. The van der Waals surface area contributed by atoms with Gasteiger partial charge in [0.15, 0.2) is 5.03 Å². The van der Waals surface area contributed by atoms with E-state index in [4.69, 9.17) is 5.11 Å². The summed E-state index contributed by atoms with van der Waals surface area (Å²) in [5, 5.41) is 8.39. The van der Waals surface area contributed by atoms with E-state index in [9.17, 15) is 26.4 Å². The monoisotopic (exact) mass is 352 g/mol. The number of carboxylic acids is 1. The molecule has 128 valence electrons. The molecule has 0 radical (unpaired) electrons. The van der Waals surface area contributed by atoms with Gasteiger partial charge in [-0.15, -0.1) is 0 Å². The first-order valence-electron chi connectivity index (χ1n) is 6.88. The third-order valence-electron chi connectivity index (χ3n) is 3.74. The molecule has 1 aromatic rings. The maximum absolute atomic E-state index is 12.4. The molecule has 0 aromatic carbocycles. The lowest BCUT2D eigenvalue weighted by Crippen LogP contribution is -2.39. The van der Waals surface area contributed by atoms with Crippen LogP contribution in [0, 0.1) is 5.92 Å². The van der Waals surface area contributed by atoms with E-state index in [1.807, 2.05) is 0 Å². The molecule has 1 aromatic heterocycles. The first-order valence-corrected chi connectivity index (χ1v) is 8.36. The van der Waals surface area contributed by atoms with Crippen molar-refractivity contribution in [3.05, 3.63) is 23.9 Å². The molecule has 1 heterocycles. The van der Waals surface area contributed by atoms with Crippen LogP contribution in [0.3, 0.4) is 0 Å². The molecule has 2 N–H and O–H groups in total. The average Bonchev–Trinajstić information content (AvgIpc) is 2.46. The highest BCUT2D eigenvalue weighted by molar-refractivity contribution is 7.89. The summed E-state index contributed by atoms with van der Waals surface area (Å²) in [7, 11) is -4.04. The Balaban J connectivity index is 2.04. The van der Waals surface area contributed by atoms with Gasteiger partial charge < -0.3 is 5.11 Å². The summed E-state index contributed by atoms with van der Waals surface area (Å²) in [6, 6.07) is 1.01. The number of nitrogens with one attached hydrogen (secondary N) is 1. The molecule has 1 fully saturated rings. The van der Waals surface area contributed by atoms with Gasteiger partial charge in [-0.3, -0.25) is 4.79 Å². The maximum Gasteiger partial charge on any atom is 0.417 e. The number of halogens is 3. The fraction of sp³-hybridized carbons (Fsp3) is 0.538. The zero-order valence-electron chi connectivity index (χ0n) is 11.9. The summed E-state index contributed by atoms with van der Waals surface area (Å²) in [6.07, 6.45) is -2.70. The zero-order chi connectivity index (χ0) is 17.3. The number of nitrogens with zero attached hydrogens (tertiary/aromatic N) is 1. The highest BCUT2D eigenvalue weighted by Gasteiger charge is 2.32. The standard InChI is InChI=1S/C13H15F3N2O4S/c14-13(15,16)9-3-6-11(17-7-9)23(21,22)18-10-4-1-8(2-5-10)12(19)20/h3,6-8,10,18H,1-2,4-5H2,(H,19,20). The lowest BCUT2D eigenvalue weighted by Gasteiger charge is -2.26. The van der Waals surface area contributed by atoms with Crippen LogP contribution in [0.2, 0.25) is 0 Å².